The summed E-state index contributed by atoms with van der Waals surface area (Å²) in [6.45, 7) is 1.31. The second kappa shape index (κ2) is 7.70. The number of benzene rings is 2. The Morgan fingerprint density at radius 1 is 1.12 bits per heavy atom. The van der Waals surface area contributed by atoms with Crippen LogP contribution in [0.3, 0.4) is 0 Å². The Kier molecular flexibility index (Phi) is 5.39. The third-order valence-electron chi connectivity index (χ3n) is 4.21. The normalized spacial score (nSPS) is 13.8. The lowest BCUT2D eigenvalue weighted by Crippen LogP contribution is -2.27. The number of hydrogen-bond donors (Lipinski definition) is 0. The van der Waals surface area contributed by atoms with Crippen molar-refractivity contribution >= 4 is 23.4 Å². The zero-order chi connectivity index (χ0) is 17.8. The van der Waals surface area contributed by atoms with Crippen LogP contribution >= 0.6 is 11.6 Å². The Morgan fingerprint density at radius 3 is 2.72 bits per heavy atom. The lowest BCUT2D eigenvalue weighted by Gasteiger charge is -2.13. The molecule has 25 heavy (non-hydrogen) atoms. The second-order valence-corrected chi connectivity index (χ2v) is 6.52. The van der Waals surface area contributed by atoms with E-state index in [1.807, 2.05) is 18.2 Å². The summed E-state index contributed by atoms with van der Waals surface area (Å²) in [5, 5.41) is 0.462. The molecular weight excluding hydrogens is 340 g/mol. The van der Waals surface area contributed by atoms with E-state index in [1.54, 1.807) is 24.3 Å². The summed E-state index contributed by atoms with van der Waals surface area (Å²) in [6, 6.07) is 12.4. The Labute approximate surface area is 151 Å². The van der Waals surface area contributed by atoms with Crippen LogP contribution in [0.5, 0.6) is 5.75 Å². The quantitative estimate of drug-likeness (QED) is 0.578. The average molecular weight is 359 g/mol. The third-order valence-corrected chi connectivity index (χ3v) is 4.45. The molecule has 0 spiro atoms. The first-order chi connectivity index (χ1) is 12.0. The number of carbonyl (C=O) groups is 2. The first kappa shape index (κ1) is 17.5. The predicted molar refractivity (Wildman–Crippen MR) is 95.3 cm³/mol. The van der Waals surface area contributed by atoms with Crippen molar-refractivity contribution in [3.05, 3.63) is 64.2 Å². The summed E-state index contributed by atoms with van der Waals surface area (Å²) < 4.78 is 10.7. The van der Waals surface area contributed by atoms with E-state index in [-0.39, 0.29) is 12.4 Å². The molecule has 1 aliphatic carbocycles. The molecule has 3 rings (SSSR count). The van der Waals surface area contributed by atoms with Gasteiger partial charge in [0.05, 0.1) is 0 Å². The Hall–Kier alpha value is -2.33. The standard InChI is InChI=1S/C20H19ClO4/c1-13(20(23)16-6-3-7-17(21)10-16)25-19(22)12-24-18-9-8-14-4-2-5-15(14)11-18/h3,6-11,13H,2,4-5,12H2,1H3/t13-/m1/s1. The first-order valence-electron chi connectivity index (χ1n) is 8.27. The van der Waals surface area contributed by atoms with Crippen molar-refractivity contribution < 1.29 is 19.1 Å². The lowest BCUT2D eigenvalue weighted by atomic mass is 10.1. The molecule has 0 heterocycles. The van der Waals surface area contributed by atoms with Crippen LogP contribution in [-0.4, -0.2) is 24.5 Å². The van der Waals surface area contributed by atoms with Crippen molar-refractivity contribution in [1.29, 1.82) is 0 Å². The zero-order valence-corrected chi connectivity index (χ0v) is 14.7. The Morgan fingerprint density at radius 2 is 1.92 bits per heavy atom. The maximum absolute atomic E-state index is 12.3. The van der Waals surface area contributed by atoms with E-state index in [0.717, 1.165) is 19.3 Å². The smallest absolute Gasteiger partial charge is 0.344 e. The number of ether oxygens (including phenoxy) is 2. The van der Waals surface area contributed by atoms with Gasteiger partial charge in [-0.15, -0.1) is 0 Å². The minimum Gasteiger partial charge on any atom is -0.482 e. The van der Waals surface area contributed by atoms with E-state index >= 15 is 0 Å². The Balaban J connectivity index is 1.52. The van der Waals surface area contributed by atoms with Gasteiger partial charge >= 0.3 is 5.97 Å². The lowest BCUT2D eigenvalue weighted by molar-refractivity contribution is -0.148. The molecule has 0 aromatic heterocycles. The summed E-state index contributed by atoms with van der Waals surface area (Å²) in [7, 11) is 0. The highest BCUT2D eigenvalue weighted by atomic mass is 35.5. The summed E-state index contributed by atoms with van der Waals surface area (Å²) in [5.41, 5.74) is 3.03. The SMILES string of the molecule is C[C@@H](OC(=O)COc1ccc2c(c1)CCC2)C(=O)c1cccc(Cl)c1. The molecule has 5 heteroatoms. The van der Waals surface area contributed by atoms with Crippen LogP contribution in [0.1, 0.15) is 34.8 Å². The number of esters is 1. The minimum atomic E-state index is -0.894. The number of halogens is 1. The van der Waals surface area contributed by atoms with E-state index in [1.165, 1.54) is 18.1 Å². The van der Waals surface area contributed by atoms with Crippen molar-refractivity contribution in [2.45, 2.75) is 32.3 Å². The summed E-state index contributed by atoms with van der Waals surface area (Å²) in [4.78, 5) is 24.2. The van der Waals surface area contributed by atoms with Gasteiger partial charge in [0, 0.05) is 10.6 Å². The van der Waals surface area contributed by atoms with Gasteiger partial charge in [-0.1, -0.05) is 29.8 Å². The maximum Gasteiger partial charge on any atom is 0.344 e. The summed E-state index contributed by atoms with van der Waals surface area (Å²) in [6.07, 6.45) is 2.40. The fraction of sp³-hybridized carbons (Fsp3) is 0.300. The highest BCUT2D eigenvalue weighted by Crippen LogP contribution is 2.26. The van der Waals surface area contributed by atoms with Gasteiger partial charge in [0.15, 0.2) is 12.7 Å². The van der Waals surface area contributed by atoms with Crippen LogP contribution in [0.4, 0.5) is 0 Å². The van der Waals surface area contributed by atoms with E-state index in [0.29, 0.717) is 16.3 Å². The van der Waals surface area contributed by atoms with Crippen LogP contribution in [0.25, 0.3) is 0 Å². The molecular formula is C20H19ClO4. The third kappa shape index (κ3) is 4.40. The van der Waals surface area contributed by atoms with E-state index in [9.17, 15) is 9.59 Å². The van der Waals surface area contributed by atoms with Gasteiger partial charge in [0.25, 0.3) is 0 Å². The maximum atomic E-state index is 12.3. The zero-order valence-electron chi connectivity index (χ0n) is 14.0. The molecule has 0 unspecified atom stereocenters. The Bertz CT molecular complexity index is 800. The second-order valence-electron chi connectivity index (χ2n) is 6.08. The molecule has 0 radical (unpaired) electrons. The van der Waals surface area contributed by atoms with Crippen molar-refractivity contribution in [1.82, 2.24) is 0 Å². The van der Waals surface area contributed by atoms with Crippen molar-refractivity contribution in [2.75, 3.05) is 6.61 Å². The average Bonchev–Trinajstić information content (AvgIpc) is 3.07. The van der Waals surface area contributed by atoms with Gasteiger partial charge < -0.3 is 9.47 Å². The molecule has 0 amide bonds. The highest BCUT2D eigenvalue weighted by Gasteiger charge is 2.20. The molecule has 0 bridgehead atoms. The van der Waals surface area contributed by atoms with Crippen molar-refractivity contribution in [3.8, 4) is 5.75 Å². The molecule has 1 aliphatic rings. The van der Waals surface area contributed by atoms with Gasteiger partial charge in [-0.05, 0) is 61.6 Å². The van der Waals surface area contributed by atoms with Gasteiger partial charge in [-0.3, -0.25) is 4.79 Å². The molecule has 2 aromatic rings. The molecule has 0 N–H and O–H groups in total. The van der Waals surface area contributed by atoms with Crippen LogP contribution in [0.15, 0.2) is 42.5 Å². The molecule has 0 aliphatic heterocycles. The molecule has 0 saturated carbocycles. The monoisotopic (exact) mass is 358 g/mol. The van der Waals surface area contributed by atoms with Gasteiger partial charge in [-0.2, -0.15) is 0 Å². The fourth-order valence-electron chi connectivity index (χ4n) is 2.94. The van der Waals surface area contributed by atoms with Crippen molar-refractivity contribution in [2.24, 2.45) is 0 Å². The summed E-state index contributed by atoms with van der Waals surface area (Å²) in [5.74, 6) is -0.233. The van der Waals surface area contributed by atoms with Crippen molar-refractivity contribution in [3.63, 3.8) is 0 Å². The van der Waals surface area contributed by atoms with Crippen LogP contribution in [0.2, 0.25) is 5.02 Å². The first-order valence-corrected chi connectivity index (χ1v) is 8.64. The number of carbonyl (C=O) groups excluding carboxylic acids is 2. The van der Waals surface area contributed by atoms with E-state index in [4.69, 9.17) is 21.1 Å². The number of ketones is 1. The van der Waals surface area contributed by atoms with E-state index < -0.39 is 12.1 Å². The minimum absolute atomic E-state index is 0.230. The van der Waals surface area contributed by atoms with Gasteiger partial charge in [0.1, 0.15) is 5.75 Å². The topological polar surface area (TPSA) is 52.6 Å². The summed E-state index contributed by atoms with van der Waals surface area (Å²) >= 11 is 5.88. The molecule has 2 aromatic carbocycles. The van der Waals surface area contributed by atoms with E-state index in [2.05, 4.69) is 0 Å². The molecule has 1 atom stereocenters. The number of hydrogen-bond acceptors (Lipinski definition) is 4. The molecule has 4 nitrogen and oxygen atoms in total. The fourth-order valence-corrected chi connectivity index (χ4v) is 3.13. The highest BCUT2D eigenvalue weighted by molar-refractivity contribution is 6.31. The predicted octanol–water partition coefficient (Wildman–Crippen LogP) is 4.02. The number of Topliss-reactive ketones (excluding diaryl/α,β-unsaturated/α-hetero) is 1. The molecule has 130 valence electrons. The largest absolute Gasteiger partial charge is 0.482 e. The van der Waals surface area contributed by atoms with Gasteiger partial charge in [-0.25, -0.2) is 4.79 Å². The number of aryl methyl sites for hydroxylation is 2. The molecule has 0 fully saturated rings. The van der Waals surface area contributed by atoms with Crippen LogP contribution in [-0.2, 0) is 22.4 Å². The van der Waals surface area contributed by atoms with Gasteiger partial charge in [0.2, 0.25) is 5.78 Å². The number of rotatable bonds is 6. The van der Waals surface area contributed by atoms with Crippen LogP contribution < -0.4 is 4.74 Å². The van der Waals surface area contributed by atoms with Crippen LogP contribution in [0, 0.1) is 0 Å². The number of fused-ring (bicyclic) bond motifs is 1. The molecule has 0 saturated heterocycles.